The summed E-state index contributed by atoms with van der Waals surface area (Å²) in [6, 6.07) is 6.00. The molecule has 2 N–H and O–H groups in total. The van der Waals surface area contributed by atoms with E-state index in [2.05, 4.69) is 17.6 Å². The standard InChI is InChI=1S/C19H30N4O2/c1-5-10-20-16-9-8-14(2)12-17(16)21-18(24)15-7-6-11-23(13-15)19(25)22(3)4/h8-9,12,15,20H,5-7,10-11,13H2,1-4H3,(H,21,24)/t15-/m0/s1. The Morgan fingerprint density at radius 1 is 1.28 bits per heavy atom. The second-order valence-electron chi connectivity index (χ2n) is 6.93. The van der Waals surface area contributed by atoms with Crippen molar-refractivity contribution in [3.63, 3.8) is 0 Å². The summed E-state index contributed by atoms with van der Waals surface area (Å²) in [4.78, 5) is 28.2. The Bertz CT molecular complexity index is 615. The van der Waals surface area contributed by atoms with E-state index in [1.54, 1.807) is 23.9 Å². The van der Waals surface area contributed by atoms with Crippen molar-refractivity contribution >= 4 is 23.3 Å². The molecule has 1 heterocycles. The molecule has 0 saturated carbocycles. The average molecular weight is 346 g/mol. The fourth-order valence-electron chi connectivity index (χ4n) is 3.06. The molecule has 0 radical (unpaired) electrons. The predicted octanol–water partition coefficient (Wildman–Crippen LogP) is 3.15. The van der Waals surface area contributed by atoms with Crippen LogP contribution in [0.25, 0.3) is 0 Å². The van der Waals surface area contributed by atoms with Crippen molar-refractivity contribution in [1.82, 2.24) is 9.80 Å². The molecule has 1 aliphatic rings. The lowest BCUT2D eigenvalue weighted by Gasteiger charge is -2.33. The van der Waals surface area contributed by atoms with E-state index in [4.69, 9.17) is 0 Å². The first-order valence-corrected chi connectivity index (χ1v) is 9.04. The van der Waals surface area contributed by atoms with Crippen LogP contribution in [0.1, 0.15) is 31.7 Å². The van der Waals surface area contributed by atoms with Gasteiger partial charge in [0.2, 0.25) is 5.91 Å². The number of carbonyl (C=O) groups is 2. The summed E-state index contributed by atoms with van der Waals surface area (Å²) in [7, 11) is 3.48. The first kappa shape index (κ1) is 19.1. The van der Waals surface area contributed by atoms with Crippen molar-refractivity contribution < 1.29 is 9.59 Å². The van der Waals surface area contributed by atoms with Crippen LogP contribution in [0.3, 0.4) is 0 Å². The molecule has 0 aliphatic carbocycles. The van der Waals surface area contributed by atoms with Crippen LogP contribution < -0.4 is 10.6 Å². The second kappa shape index (κ2) is 8.74. The van der Waals surface area contributed by atoms with E-state index in [1.807, 2.05) is 25.1 Å². The molecule has 138 valence electrons. The van der Waals surface area contributed by atoms with E-state index in [0.29, 0.717) is 13.1 Å². The van der Waals surface area contributed by atoms with Crippen LogP contribution in [0.5, 0.6) is 0 Å². The van der Waals surface area contributed by atoms with Crippen molar-refractivity contribution in [3.8, 4) is 0 Å². The topological polar surface area (TPSA) is 64.7 Å². The van der Waals surface area contributed by atoms with E-state index < -0.39 is 0 Å². The van der Waals surface area contributed by atoms with Crippen molar-refractivity contribution in [2.75, 3.05) is 44.4 Å². The molecule has 0 unspecified atom stereocenters. The van der Waals surface area contributed by atoms with Crippen LogP contribution >= 0.6 is 0 Å². The number of aryl methyl sites for hydroxylation is 1. The molecule has 1 aromatic carbocycles. The SMILES string of the molecule is CCCNc1ccc(C)cc1NC(=O)[C@H]1CCCN(C(=O)N(C)C)C1. The summed E-state index contributed by atoms with van der Waals surface area (Å²) < 4.78 is 0. The fraction of sp³-hybridized carbons (Fsp3) is 0.579. The molecule has 25 heavy (non-hydrogen) atoms. The highest BCUT2D eigenvalue weighted by molar-refractivity contribution is 5.96. The zero-order chi connectivity index (χ0) is 18.4. The molecule has 1 saturated heterocycles. The number of benzene rings is 1. The molecule has 2 rings (SSSR count). The van der Waals surface area contributed by atoms with E-state index in [9.17, 15) is 9.59 Å². The van der Waals surface area contributed by atoms with Gasteiger partial charge in [0.05, 0.1) is 17.3 Å². The molecular weight excluding hydrogens is 316 g/mol. The number of nitrogens with zero attached hydrogens (tertiary/aromatic N) is 2. The Morgan fingerprint density at radius 2 is 2.04 bits per heavy atom. The highest BCUT2D eigenvalue weighted by Gasteiger charge is 2.29. The summed E-state index contributed by atoms with van der Waals surface area (Å²) in [5.74, 6) is -0.182. The molecule has 6 nitrogen and oxygen atoms in total. The molecule has 1 aliphatic heterocycles. The maximum atomic E-state index is 12.8. The van der Waals surface area contributed by atoms with E-state index in [-0.39, 0.29) is 17.9 Å². The van der Waals surface area contributed by atoms with E-state index >= 15 is 0 Å². The van der Waals surface area contributed by atoms with Gasteiger partial charge in [-0.1, -0.05) is 13.0 Å². The Balaban J connectivity index is 2.06. The Morgan fingerprint density at radius 3 is 2.72 bits per heavy atom. The molecular formula is C19H30N4O2. The van der Waals surface area contributed by atoms with Gasteiger partial charge in [-0.05, 0) is 43.9 Å². The Labute approximate surface area is 150 Å². The maximum Gasteiger partial charge on any atom is 0.319 e. The molecule has 1 aromatic rings. The molecule has 0 aromatic heterocycles. The number of likely N-dealkylation sites (tertiary alicyclic amines) is 1. The number of piperidine rings is 1. The largest absolute Gasteiger partial charge is 0.383 e. The minimum Gasteiger partial charge on any atom is -0.383 e. The lowest BCUT2D eigenvalue weighted by molar-refractivity contribution is -0.121. The number of rotatable bonds is 5. The minimum absolute atomic E-state index is 0.0126. The summed E-state index contributed by atoms with van der Waals surface area (Å²) in [5, 5.41) is 6.42. The lowest BCUT2D eigenvalue weighted by atomic mass is 9.97. The van der Waals surface area contributed by atoms with Gasteiger partial charge >= 0.3 is 6.03 Å². The number of nitrogens with one attached hydrogen (secondary N) is 2. The minimum atomic E-state index is -0.169. The number of carbonyl (C=O) groups excluding carboxylic acids is 2. The van der Waals surface area contributed by atoms with Crippen molar-refractivity contribution in [3.05, 3.63) is 23.8 Å². The molecule has 3 amide bonds. The monoisotopic (exact) mass is 346 g/mol. The molecule has 1 fully saturated rings. The van der Waals surface area contributed by atoms with Gasteiger partial charge in [-0.15, -0.1) is 0 Å². The first-order valence-electron chi connectivity index (χ1n) is 9.04. The molecule has 0 bridgehead atoms. The van der Waals surface area contributed by atoms with Gasteiger partial charge in [-0.2, -0.15) is 0 Å². The Kier molecular flexibility index (Phi) is 6.67. The number of hydrogen-bond acceptors (Lipinski definition) is 3. The third kappa shape index (κ3) is 5.11. The summed E-state index contributed by atoms with van der Waals surface area (Å²) in [5.41, 5.74) is 2.86. The summed E-state index contributed by atoms with van der Waals surface area (Å²) in [6.07, 6.45) is 2.69. The second-order valence-corrected chi connectivity index (χ2v) is 6.93. The third-order valence-electron chi connectivity index (χ3n) is 4.44. The number of urea groups is 1. The van der Waals surface area contributed by atoms with Gasteiger partial charge in [0.15, 0.2) is 0 Å². The summed E-state index contributed by atoms with van der Waals surface area (Å²) in [6.45, 7) is 6.18. The van der Waals surface area contributed by atoms with Gasteiger partial charge in [0.25, 0.3) is 0 Å². The Hall–Kier alpha value is -2.24. The molecule has 0 spiro atoms. The predicted molar refractivity (Wildman–Crippen MR) is 102 cm³/mol. The van der Waals surface area contributed by atoms with Crippen molar-refractivity contribution in [1.29, 1.82) is 0 Å². The highest BCUT2D eigenvalue weighted by atomic mass is 16.2. The number of hydrogen-bond donors (Lipinski definition) is 2. The van der Waals surface area contributed by atoms with Crippen LogP contribution in [0.15, 0.2) is 18.2 Å². The average Bonchev–Trinajstić information content (AvgIpc) is 2.60. The van der Waals surface area contributed by atoms with Gasteiger partial charge < -0.3 is 20.4 Å². The molecule has 1 atom stereocenters. The first-order chi connectivity index (χ1) is 11.9. The van der Waals surface area contributed by atoms with E-state index in [1.165, 1.54) is 0 Å². The maximum absolute atomic E-state index is 12.8. The fourth-order valence-corrected chi connectivity index (χ4v) is 3.06. The summed E-state index contributed by atoms with van der Waals surface area (Å²) >= 11 is 0. The van der Waals surface area contributed by atoms with Gasteiger partial charge in [0, 0.05) is 33.7 Å². The van der Waals surface area contributed by atoms with Crippen LogP contribution in [-0.4, -0.2) is 55.5 Å². The van der Waals surface area contributed by atoms with Gasteiger partial charge in [0.1, 0.15) is 0 Å². The van der Waals surface area contributed by atoms with E-state index in [0.717, 1.165) is 42.7 Å². The lowest BCUT2D eigenvalue weighted by Crippen LogP contribution is -2.47. The van der Waals surface area contributed by atoms with Crippen LogP contribution in [0.4, 0.5) is 16.2 Å². The number of anilines is 2. The van der Waals surface area contributed by atoms with Crippen molar-refractivity contribution in [2.24, 2.45) is 5.92 Å². The zero-order valence-corrected chi connectivity index (χ0v) is 15.8. The quantitative estimate of drug-likeness (QED) is 0.861. The molecule has 6 heteroatoms. The third-order valence-corrected chi connectivity index (χ3v) is 4.44. The van der Waals surface area contributed by atoms with Gasteiger partial charge in [-0.25, -0.2) is 4.79 Å². The zero-order valence-electron chi connectivity index (χ0n) is 15.8. The van der Waals surface area contributed by atoms with Crippen LogP contribution in [-0.2, 0) is 4.79 Å². The smallest absolute Gasteiger partial charge is 0.319 e. The number of amides is 3. The normalized spacial score (nSPS) is 17.1. The van der Waals surface area contributed by atoms with Crippen LogP contribution in [0, 0.1) is 12.8 Å². The highest BCUT2D eigenvalue weighted by Crippen LogP contribution is 2.25. The van der Waals surface area contributed by atoms with Crippen molar-refractivity contribution in [2.45, 2.75) is 33.1 Å². The van der Waals surface area contributed by atoms with Gasteiger partial charge in [-0.3, -0.25) is 4.79 Å². The van der Waals surface area contributed by atoms with Crippen LogP contribution in [0.2, 0.25) is 0 Å².